The fourth-order valence-electron chi connectivity index (χ4n) is 2.99. The molecule has 0 amide bonds. The van der Waals surface area contributed by atoms with Gasteiger partial charge in [0.25, 0.3) is 0 Å². The summed E-state index contributed by atoms with van der Waals surface area (Å²) in [5.41, 5.74) is 4.35. The number of hydrogen-bond donors (Lipinski definition) is 0. The third kappa shape index (κ3) is 2.63. The number of benzene rings is 2. The van der Waals surface area contributed by atoms with Crippen LogP contribution in [0.5, 0.6) is 0 Å². The predicted molar refractivity (Wildman–Crippen MR) is 82.1 cm³/mol. The summed E-state index contributed by atoms with van der Waals surface area (Å²) in [6.07, 6.45) is 7.07. The molecule has 0 heteroatoms. The van der Waals surface area contributed by atoms with Crippen molar-refractivity contribution in [2.75, 3.05) is 0 Å². The molecule has 0 N–H and O–H groups in total. The van der Waals surface area contributed by atoms with Crippen molar-refractivity contribution in [3.63, 3.8) is 0 Å². The van der Waals surface area contributed by atoms with Crippen LogP contribution in [0.4, 0.5) is 0 Å². The molecular formula is C19H20. The van der Waals surface area contributed by atoms with Gasteiger partial charge in [-0.3, -0.25) is 0 Å². The van der Waals surface area contributed by atoms with E-state index in [1.165, 1.54) is 29.5 Å². The van der Waals surface area contributed by atoms with Crippen LogP contribution in [0.15, 0.2) is 60.7 Å². The lowest BCUT2D eigenvalue weighted by molar-refractivity contribution is 0.487. The zero-order chi connectivity index (χ0) is 13.1. The molecule has 2 aromatic carbocycles. The van der Waals surface area contributed by atoms with Crippen LogP contribution in [0, 0.1) is 5.92 Å². The second-order valence-corrected chi connectivity index (χ2v) is 5.52. The SMILES string of the molecule is CC(CCc1ccccc1)C1C=Cc2ccccc21. The smallest absolute Gasteiger partial charge is 0.00530 e. The first-order valence-electron chi connectivity index (χ1n) is 7.15. The Morgan fingerprint density at radius 3 is 2.53 bits per heavy atom. The standard InChI is InChI=1S/C19H20/c1-15(11-12-16-7-3-2-4-8-16)18-14-13-17-9-5-6-10-19(17)18/h2-10,13-15,18H,11-12H2,1H3. The predicted octanol–water partition coefficient (Wildman–Crippen LogP) is 5.07. The maximum absolute atomic E-state index is 2.38. The Labute approximate surface area is 115 Å². The van der Waals surface area contributed by atoms with Crippen molar-refractivity contribution in [2.45, 2.75) is 25.7 Å². The van der Waals surface area contributed by atoms with Gasteiger partial charge in [0.2, 0.25) is 0 Å². The highest BCUT2D eigenvalue weighted by molar-refractivity contribution is 5.62. The van der Waals surface area contributed by atoms with Crippen molar-refractivity contribution in [3.05, 3.63) is 77.4 Å². The van der Waals surface area contributed by atoms with E-state index >= 15 is 0 Å². The minimum absolute atomic E-state index is 0.597. The lowest BCUT2D eigenvalue weighted by Crippen LogP contribution is -2.07. The summed E-state index contributed by atoms with van der Waals surface area (Å²) in [4.78, 5) is 0. The van der Waals surface area contributed by atoms with Gasteiger partial charge in [0.1, 0.15) is 0 Å². The zero-order valence-corrected chi connectivity index (χ0v) is 11.4. The monoisotopic (exact) mass is 248 g/mol. The molecule has 2 aromatic rings. The van der Waals surface area contributed by atoms with Crippen molar-refractivity contribution in [1.82, 2.24) is 0 Å². The van der Waals surface area contributed by atoms with Gasteiger partial charge in [-0.15, -0.1) is 0 Å². The molecule has 1 aliphatic rings. The second kappa shape index (κ2) is 5.44. The summed E-state index contributed by atoms with van der Waals surface area (Å²) >= 11 is 0. The van der Waals surface area contributed by atoms with Gasteiger partial charge in [-0.25, -0.2) is 0 Å². The molecule has 0 saturated heterocycles. The first kappa shape index (κ1) is 12.2. The van der Waals surface area contributed by atoms with Crippen molar-refractivity contribution in [1.29, 1.82) is 0 Å². The highest BCUT2D eigenvalue weighted by Crippen LogP contribution is 2.37. The molecule has 0 aromatic heterocycles. The minimum Gasteiger partial charge on any atom is -0.0761 e. The molecule has 3 rings (SSSR count). The van der Waals surface area contributed by atoms with Gasteiger partial charge in [-0.2, -0.15) is 0 Å². The number of rotatable bonds is 4. The van der Waals surface area contributed by atoms with Gasteiger partial charge in [0.05, 0.1) is 0 Å². The van der Waals surface area contributed by atoms with E-state index < -0.39 is 0 Å². The summed E-state index contributed by atoms with van der Waals surface area (Å²) in [7, 11) is 0. The molecule has 0 nitrogen and oxygen atoms in total. The Hall–Kier alpha value is -1.82. The quantitative estimate of drug-likeness (QED) is 0.709. The van der Waals surface area contributed by atoms with E-state index in [0.29, 0.717) is 11.8 Å². The van der Waals surface area contributed by atoms with E-state index in [-0.39, 0.29) is 0 Å². The van der Waals surface area contributed by atoms with Crippen LogP contribution in [0.3, 0.4) is 0 Å². The van der Waals surface area contributed by atoms with Crippen LogP contribution < -0.4 is 0 Å². The molecule has 2 atom stereocenters. The summed E-state index contributed by atoms with van der Waals surface area (Å²) in [5.74, 6) is 1.29. The number of aryl methyl sites for hydroxylation is 1. The molecular weight excluding hydrogens is 228 g/mol. The van der Waals surface area contributed by atoms with Crippen molar-refractivity contribution < 1.29 is 0 Å². The van der Waals surface area contributed by atoms with Gasteiger partial charge in [0.15, 0.2) is 0 Å². The van der Waals surface area contributed by atoms with E-state index in [0.717, 1.165) is 0 Å². The zero-order valence-electron chi connectivity index (χ0n) is 11.4. The Morgan fingerprint density at radius 1 is 0.947 bits per heavy atom. The average Bonchev–Trinajstić information content (AvgIpc) is 2.90. The molecule has 0 radical (unpaired) electrons. The largest absolute Gasteiger partial charge is 0.0761 e. The number of fused-ring (bicyclic) bond motifs is 1. The summed E-state index contributed by atoms with van der Waals surface area (Å²) in [5, 5.41) is 0. The van der Waals surface area contributed by atoms with E-state index in [2.05, 4.69) is 73.7 Å². The highest BCUT2D eigenvalue weighted by Gasteiger charge is 2.22. The van der Waals surface area contributed by atoms with Crippen molar-refractivity contribution >= 4 is 6.08 Å². The lowest BCUT2D eigenvalue weighted by Gasteiger charge is -2.19. The van der Waals surface area contributed by atoms with Gasteiger partial charge in [-0.05, 0) is 35.4 Å². The Balaban J connectivity index is 1.66. The topological polar surface area (TPSA) is 0 Å². The maximum Gasteiger partial charge on any atom is 0.00530 e. The highest BCUT2D eigenvalue weighted by atomic mass is 14.3. The van der Waals surface area contributed by atoms with Crippen molar-refractivity contribution in [3.8, 4) is 0 Å². The molecule has 0 spiro atoms. The van der Waals surface area contributed by atoms with E-state index in [1.54, 1.807) is 0 Å². The first-order chi connectivity index (χ1) is 9.34. The molecule has 0 fully saturated rings. The molecule has 96 valence electrons. The normalized spacial score (nSPS) is 18.3. The van der Waals surface area contributed by atoms with E-state index in [4.69, 9.17) is 0 Å². The summed E-state index contributed by atoms with van der Waals surface area (Å²) < 4.78 is 0. The molecule has 0 heterocycles. The molecule has 0 saturated carbocycles. The van der Waals surface area contributed by atoms with Gasteiger partial charge < -0.3 is 0 Å². The first-order valence-corrected chi connectivity index (χ1v) is 7.15. The lowest BCUT2D eigenvalue weighted by atomic mass is 9.85. The average molecular weight is 248 g/mol. The molecule has 2 unspecified atom stereocenters. The maximum atomic E-state index is 2.38. The second-order valence-electron chi connectivity index (χ2n) is 5.52. The minimum atomic E-state index is 0.597. The van der Waals surface area contributed by atoms with Gasteiger partial charge in [0, 0.05) is 5.92 Å². The molecule has 0 bridgehead atoms. The third-order valence-corrected chi connectivity index (χ3v) is 4.18. The Morgan fingerprint density at radius 2 is 1.68 bits per heavy atom. The summed E-state index contributed by atoms with van der Waals surface area (Å²) in [6.45, 7) is 2.38. The fourth-order valence-corrected chi connectivity index (χ4v) is 2.99. The number of allylic oxidation sites excluding steroid dienone is 1. The van der Waals surface area contributed by atoms with Crippen LogP contribution in [-0.2, 0) is 6.42 Å². The van der Waals surface area contributed by atoms with Gasteiger partial charge in [-0.1, -0.05) is 73.7 Å². The van der Waals surface area contributed by atoms with Crippen LogP contribution in [0.2, 0.25) is 0 Å². The fraction of sp³-hybridized carbons (Fsp3) is 0.263. The Bertz CT molecular complexity index is 566. The van der Waals surface area contributed by atoms with Gasteiger partial charge >= 0.3 is 0 Å². The summed E-state index contributed by atoms with van der Waals surface area (Å²) in [6, 6.07) is 19.6. The number of hydrogen-bond acceptors (Lipinski definition) is 0. The van der Waals surface area contributed by atoms with Crippen LogP contribution >= 0.6 is 0 Å². The third-order valence-electron chi connectivity index (χ3n) is 4.18. The van der Waals surface area contributed by atoms with Crippen LogP contribution in [0.25, 0.3) is 6.08 Å². The van der Waals surface area contributed by atoms with Crippen LogP contribution in [-0.4, -0.2) is 0 Å². The Kier molecular flexibility index (Phi) is 3.50. The van der Waals surface area contributed by atoms with E-state index in [1.807, 2.05) is 0 Å². The molecule has 19 heavy (non-hydrogen) atoms. The van der Waals surface area contributed by atoms with Crippen LogP contribution in [0.1, 0.15) is 36.0 Å². The molecule has 0 aliphatic heterocycles. The van der Waals surface area contributed by atoms with Crippen molar-refractivity contribution in [2.24, 2.45) is 5.92 Å². The molecule has 1 aliphatic carbocycles. The van der Waals surface area contributed by atoms with E-state index in [9.17, 15) is 0 Å².